The highest BCUT2D eigenvalue weighted by Crippen LogP contribution is 2.22. The van der Waals surface area contributed by atoms with Gasteiger partial charge in [0.05, 0.1) is 12.5 Å². The van der Waals surface area contributed by atoms with Crippen LogP contribution >= 0.6 is 0 Å². The maximum Gasteiger partial charge on any atom is 0.227 e. The summed E-state index contributed by atoms with van der Waals surface area (Å²) in [7, 11) is 1.75. The van der Waals surface area contributed by atoms with Crippen molar-refractivity contribution >= 4 is 11.8 Å². The lowest BCUT2D eigenvalue weighted by atomic mass is 9.95. The topological polar surface area (TPSA) is 49.9 Å². The third-order valence-electron chi connectivity index (χ3n) is 5.26. The van der Waals surface area contributed by atoms with E-state index in [1.54, 1.807) is 35.0 Å². The number of piperidine rings is 1. The second kappa shape index (κ2) is 9.54. The minimum atomic E-state index is -0.334. The molecule has 6 heteroatoms. The Bertz CT molecular complexity index is 853. The predicted octanol–water partition coefficient (Wildman–Crippen LogP) is 3.41. The first-order valence-electron chi connectivity index (χ1n) is 9.89. The summed E-state index contributed by atoms with van der Waals surface area (Å²) in [5.41, 5.74) is 1.63. The van der Waals surface area contributed by atoms with E-state index in [2.05, 4.69) is 0 Å². The summed E-state index contributed by atoms with van der Waals surface area (Å²) in [4.78, 5) is 28.3. The zero-order chi connectivity index (χ0) is 20.8. The van der Waals surface area contributed by atoms with Gasteiger partial charge < -0.3 is 14.5 Å². The molecule has 5 nitrogen and oxygen atoms in total. The summed E-state index contributed by atoms with van der Waals surface area (Å²) in [6, 6.07) is 14.2. The molecule has 0 radical (unpaired) electrons. The Hall–Kier alpha value is -2.89. The van der Waals surface area contributed by atoms with Crippen molar-refractivity contribution in [2.45, 2.75) is 26.3 Å². The van der Waals surface area contributed by atoms with E-state index < -0.39 is 0 Å². The number of aryl methyl sites for hydroxylation is 1. The van der Waals surface area contributed by atoms with Gasteiger partial charge in [0.25, 0.3) is 0 Å². The highest BCUT2D eigenvalue weighted by atomic mass is 19.1. The first-order valence-corrected chi connectivity index (χ1v) is 9.89. The van der Waals surface area contributed by atoms with Gasteiger partial charge in [0.1, 0.15) is 18.2 Å². The van der Waals surface area contributed by atoms with E-state index in [-0.39, 0.29) is 30.1 Å². The molecule has 1 aliphatic heterocycles. The Labute approximate surface area is 171 Å². The quantitative estimate of drug-likeness (QED) is 0.718. The molecule has 0 aliphatic carbocycles. The van der Waals surface area contributed by atoms with Crippen molar-refractivity contribution in [2.24, 2.45) is 5.92 Å². The molecule has 3 rings (SSSR count). The number of likely N-dealkylation sites (N-methyl/N-ethyl adjacent to an activating group) is 1. The van der Waals surface area contributed by atoms with E-state index in [1.807, 2.05) is 31.2 Å². The molecule has 0 saturated carbocycles. The minimum Gasteiger partial charge on any atom is -0.492 e. The third kappa shape index (κ3) is 5.56. The molecular weight excluding hydrogens is 371 g/mol. The first kappa shape index (κ1) is 20.8. The van der Waals surface area contributed by atoms with Gasteiger partial charge in [-0.2, -0.15) is 0 Å². The number of hydrogen-bond donors (Lipinski definition) is 0. The Kier molecular flexibility index (Phi) is 6.86. The summed E-state index contributed by atoms with van der Waals surface area (Å²) < 4.78 is 19.6. The number of halogens is 1. The van der Waals surface area contributed by atoms with Gasteiger partial charge in [0, 0.05) is 32.1 Å². The van der Waals surface area contributed by atoms with Crippen LogP contribution in [0.15, 0.2) is 48.5 Å². The number of carbonyl (C=O) groups is 2. The van der Waals surface area contributed by atoms with Crippen LogP contribution in [0.4, 0.5) is 4.39 Å². The second-order valence-electron chi connectivity index (χ2n) is 7.52. The lowest BCUT2D eigenvalue weighted by Crippen LogP contribution is -2.46. The number of benzene rings is 2. The van der Waals surface area contributed by atoms with Crippen molar-refractivity contribution in [2.75, 3.05) is 26.7 Å². The van der Waals surface area contributed by atoms with Crippen LogP contribution in [0, 0.1) is 18.7 Å². The molecule has 0 bridgehead atoms. The molecule has 1 saturated heterocycles. The van der Waals surface area contributed by atoms with E-state index in [1.165, 1.54) is 6.07 Å². The zero-order valence-corrected chi connectivity index (χ0v) is 16.9. The Balaban J connectivity index is 1.52. The van der Waals surface area contributed by atoms with Gasteiger partial charge >= 0.3 is 0 Å². The molecule has 1 atom stereocenters. The van der Waals surface area contributed by atoms with Crippen molar-refractivity contribution in [1.82, 2.24) is 9.80 Å². The summed E-state index contributed by atoms with van der Waals surface area (Å²) in [5.74, 6) is 0.116. The zero-order valence-electron chi connectivity index (χ0n) is 16.9. The van der Waals surface area contributed by atoms with Gasteiger partial charge in [-0.3, -0.25) is 9.59 Å². The van der Waals surface area contributed by atoms with Crippen molar-refractivity contribution in [3.8, 4) is 5.75 Å². The van der Waals surface area contributed by atoms with E-state index in [0.29, 0.717) is 38.1 Å². The smallest absolute Gasteiger partial charge is 0.227 e. The lowest BCUT2D eigenvalue weighted by molar-refractivity contribution is -0.143. The molecule has 1 heterocycles. The fraction of sp³-hybridized carbons (Fsp3) is 0.391. The molecule has 2 aromatic rings. The van der Waals surface area contributed by atoms with Crippen LogP contribution in [0.5, 0.6) is 5.75 Å². The number of nitrogens with zero attached hydrogens (tertiary/aromatic N) is 2. The number of amides is 2. The van der Waals surface area contributed by atoms with Gasteiger partial charge in [-0.05, 0) is 31.5 Å². The summed E-state index contributed by atoms with van der Waals surface area (Å²) in [6.07, 6.45) is 0.827. The van der Waals surface area contributed by atoms with Gasteiger partial charge in [-0.25, -0.2) is 4.39 Å². The van der Waals surface area contributed by atoms with Crippen molar-refractivity contribution in [3.05, 3.63) is 65.5 Å². The number of hydrogen-bond acceptors (Lipinski definition) is 3. The molecule has 1 fully saturated rings. The van der Waals surface area contributed by atoms with Gasteiger partial charge in [-0.1, -0.05) is 35.9 Å². The number of ether oxygens (including phenoxy) is 1. The van der Waals surface area contributed by atoms with Gasteiger partial charge in [-0.15, -0.1) is 0 Å². The molecule has 29 heavy (non-hydrogen) atoms. The maximum atomic E-state index is 13.9. The molecule has 0 N–H and O–H groups in total. The Morgan fingerprint density at radius 1 is 1.21 bits per heavy atom. The van der Waals surface area contributed by atoms with E-state index in [9.17, 15) is 14.0 Å². The standard InChI is InChI=1S/C23H27FN2O3/c1-17-7-10-20(11-8-17)29-14-13-25(2)23(28)19-9-12-22(27)26(16-19)15-18-5-3-4-6-21(18)24/h3-8,10-11,19H,9,12-16H2,1-2H3/t19-/m1/s1. The van der Waals surface area contributed by atoms with Gasteiger partial charge in [0.2, 0.25) is 11.8 Å². The molecule has 0 unspecified atom stereocenters. The lowest BCUT2D eigenvalue weighted by Gasteiger charge is -2.34. The minimum absolute atomic E-state index is 0.0106. The van der Waals surface area contributed by atoms with Crippen LogP contribution in [0.3, 0.4) is 0 Å². The molecule has 0 spiro atoms. The molecule has 2 amide bonds. The van der Waals surface area contributed by atoms with Crippen molar-refractivity contribution < 1.29 is 18.7 Å². The SMILES string of the molecule is Cc1ccc(OCCN(C)C(=O)[C@@H]2CCC(=O)N(Cc3ccccc3F)C2)cc1. The predicted molar refractivity (Wildman–Crippen MR) is 109 cm³/mol. The van der Waals surface area contributed by atoms with Crippen LogP contribution in [0.2, 0.25) is 0 Å². The summed E-state index contributed by atoms with van der Waals surface area (Å²) in [5, 5.41) is 0. The Morgan fingerprint density at radius 3 is 2.66 bits per heavy atom. The third-order valence-corrected chi connectivity index (χ3v) is 5.26. The fourth-order valence-electron chi connectivity index (χ4n) is 3.46. The molecule has 1 aliphatic rings. The Morgan fingerprint density at radius 2 is 1.93 bits per heavy atom. The van der Waals surface area contributed by atoms with Crippen LogP contribution in [-0.2, 0) is 16.1 Å². The molecule has 154 valence electrons. The molecule has 2 aromatic carbocycles. The number of likely N-dealkylation sites (tertiary alicyclic amines) is 1. The number of rotatable bonds is 7. The van der Waals surface area contributed by atoms with E-state index in [4.69, 9.17) is 4.74 Å². The van der Waals surface area contributed by atoms with Crippen molar-refractivity contribution in [1.29, 1.82) is 0 Å². The second-order valence-corrected chi connectivity index (χ2v) is 7.52. The summed E-state index contributed by atoms with van der Waals surface area (Å²) >= 11 is 0. The van der Waals surface area contributed by atoms with Crippen molar-refractivity contribution in [3.63, 3.8) is 0 Å². The average molecular weight is 398 g/mol. The average Bonchev–Trinajstić information content (AvgIpc) is 2.72. The maximum absolute atomic E-state index is 13.9. The van der Waals surface area contributed by atoms with Gasteiger partial charge in [0.15, 0.2) is 0 Å². The highest BCUT2D eigenvalue weighted by molar-refractivity contribution is 5.83. The monoisotopic (exact) mass is 398 g/mol. The molecular formula is C23H27FN2O3. The summed E-state index contributed by atoms with van der Waals surface area (Å²) in [6.45, 7) is 3.38. The van der Waals surface area contributed by atoms with Crippen LogP contribution < -0.4 is 4.74 Å². The van der Waals surface area contributed by atoms with Crippen LogP contribution in [0.1, 0.15) is 24.0 Å². The van der Waals surface area contributed by atoms with Crippen LogP contribution in [-0.4, -0.2) is 48.4 Å². The number of carbonyl (C=O) groups excluding carboxylic acids is 2. The van der Waals surface area contributed by atoms with E-state index >= 15 is 0 Å². The first-order chi connectivity index (χ1) is 13.9. The fourth-order valence-corrected chi connectivity index (χ4v) is 3.46. The highest BCUT2D eigenvalue weighted by Gasteiger charge is 2.32. The normalized spacial score (nSPS) is 16.6. The van der Waals surface area contributed by atoms with Crippen LogP contribution in [0.25, 0.3) is 0 Å². The van der Waals surface area contributed by atoms with E-state index in [0.717, 1.165) is 11.3 Å². The molecule has 0 aromatic heterocycles. The largest absolute Gasteiger partial charge is 0.492 e.